The summed E-state index contributed by atoms with van der Waals surface area (Å²) < 4.78 is 23.1. The zero-order chi connectivity index (χ0) is 20.0. The molecule has 7 nitrogen and oxygen atoms in total. The monoisotopic (exact) mass is 529 g/mol. The lowest BCUT2D eigenvalue weighted by Crippen LogP contribution is -2.53. The van der Waals surface area contributed by atoms with E-state index in [4.69, 9.17) is 0 Å². The Morgan fingerprint density at radius 2 is 1.79 bits per heavy atom. The van der Waals surface area contributed by atoms with Crippen molar-refractivity contribution in [1.82, 2.24) is 15.2 Å². The van der Waals surface area contributed by atoms with Crippen LogP contribution in [-0.2, 0) is 16.3 Å². The summed E-state index contributed by atoms with van der Waals surface area (Å²) in [6.07, 6.45) is 3.85. The molecule has 3 rings (SSSR count). The van der Waals surface area contributed by atoms with Crippen LogP contribution in [0.1, 0.15) is 5.56 Å². The van der Waals surface area contributed by atoms with E-state index in [1.165, 1.54) is 6.26 Å². The van der Waals surface area contributed by atoms with E-state index >= 15 is 0 Å². The molecular weight excluding hydrogens is 501 g/mol. The fourth-order valence-electron chi connectivity index (χ4n) is 3.24. The van der Waals surface area contributed by atoms with Crippen LogP contribution in [0.25, 0.3) is 0 Å². The Morgan fingerprint density at radius 3 is 2.34 bits per heavy atom. The molecule has 1 aromatic carbocycles. The van der Waals surface area contributed by atoms with Crippen molar-refractivity contribution in [2.45, 2.75) is 11.3 Å². The molecule has 2 heterocycles. The molecule has 0 unspecified atom stereocenters. The van der Waals surface area contributed by atoms with Gasteiger partial charge in [-0.2, -0.15) is 0 Å². The first-order chi connectivity index (χ1) is 13.5. The van der Waals surface area contributed by atoms with Gasteiger partial charge >= 0.3 is 0 Å². The first-order valence-electron chi connectivity index (χ1n) is 9.38. The molecule has 1 N–H and O–H groups in total. The van der Waals surface area contributed by atoms with E-state index in [1.807, 2.05) is 36.5 Å². The fraction of sp³-hybridized carbons (Fsp3) is 0.400. The summed E-state index contributed by atoms with van der Waals surface area (Å²) in [5.41, 5.74) is 1.09. The molecule has 0 radical (unpaired) electrons. The van der Waals surface area contributed by atoms with Crippen LogP contribution in [-0.4, -0.2) is 70.3 Å². The lowest BCUT2D eigenvalue weighted by atomic mass is 10.1. The van der Waals surface area contributed by atoms with Gasteiger partial charge in [-0.1, -0.05) is 18.2 Å². The zero-order valence-corrected chi connectivity index (χ0v) is 19.9. The van der Waals surface area contributed by atoms with Gasteiger partial charge in [0.2, 0.25) is 0 Å². The molecule has 1 aliphatic heterocycles. The predicted molar refractivity (Wildman–Crippen MR) is 128 cm³/mol. The topological polar surface area (TPSA) is 77.9 Å². The van der Waals surface area contributed by atoms with E-state index < -0.39 is 9.84 Å². The van der Waals surface area contributed by atoms with Crippen molar-refractivity contribution in [2.75, 3.05) is 50.9 Å². The van der Waals surface area contributed by atoms with Gasteiger partial charge in [0.15, 0.2) is 15.8 Å². The van der Waals surface area contributed by atoms with E-state index in [2.05, 4.69) is 25.1 Å². The smallest absolute Gasteiger partial charge is 0.193 e. The molecule has 1 fully saturated rings. The molecule has 0 aliphatic carbocycles. The van der Waals surface area contributed by atoms with E-state index in [-0.39, 0.29) is 24.0 Å². The Morgan fingerprint density at radius 1 is 1.10 bits per heavy atom. The Hall–Kier alpha value is -1.88. The molecule has 0 amide bonds. The number of nitrogens with one attached hydrogen (secondary N) is 1. The van der Waals surface area contributed by atoms with Crippen LogP contribution < -0.4 is 10.2 Å². The lowest BCUT2D eigenvalue weighted by molar-refractivity contribution is 0.372. The third kappa shape index (κ3) is 6.56. The van der Waals surface area contributed by atoms with Crippen molar-refractivity contribution < 1.29 is 8.42 Å². The van der Waals surface area contributed by atoms with Gasteiger partial charge in [-0.15, -0.1) is 24.0 Å². The largest absolute Gasteiger partial charge is 0.356 e. The maximum absolute atomic E-state index is 11.5. The number of aromatic nitrogens is 1. The number of halogens is 1. The highest BCUT2D eigenvalue weighted by atomic mass is 127. The number of guanidine groups is 1. The molecule has 9 heteroatoms. The standard InChI is InChI=1S/C20H27N5O2S.HI/c1-21-20(23-12-10-17-6-8-18(9-7-17)28(2,26)27)25-15-13-24(14-16-25)19-5-3-4-11-22-19;/h3-9,11H,10,12-16H2,1-2H3,(H,21,23);1H. The molecule has 0 atom stereocenters. The number of nitrogens with zero attached hydrogens (tertiary/aromatic N) is 4. The molecule has 0 spiro atoms. The minimum absolute atomic E-state index is 0. The predicted octanol–water partition coefficient (Wildman–Crippen LogP) is 2.04. The van der Waals surface area contributed by atoms with Crippen LogP contribution in [0.15, 0.2) is 58.5 Å². The van der Waals surface area contributed by atoms with Crippen LogP contribution in [0.4, 0.5) is 5.82 Å². The van der Waals surface area contributed by atoms with Gasteiger partial charge in [0.25, 0.3) is 0 Å². The van der Waals surface area contributed by atoms with E-state index in [9.17, 15) is 8.42 Å². The minimum atomic E-state index is -3.15. The van der Waals surface area contributed by atoms with Crippen molar-refractivity contribution in [3.05, 3.63) is 54.2 Å². The maximum atomic E-state index is 11.5. The minimum Gasteiger partial charge on any atom is -0.356 e. The van der Waals surface area contributed by atoms with Crippen LogP contribution in [0.2, 0.25) is 0 Å². The average molecular weight is 529 g/mol. The van der Waals surface area contributed by atoms with Crippen LogP contribution >= 0.6 is 24.0 Å². The lowest BCUT2D eigenvalue weighted by Gasteiger charge is -2.37. The van der Waals surface area contributed by atoms with Gasteiger partial charge in [0.1, 0.15) is 5.82 Å². The van der Waals surface area contributed by atoms with Gasteiger partial charge in [0.05, 0.1) is 4.90 Å². The SMILES string of the molecule is CN=C(NCCc1ccc(S(C)(=O)=O)cc1)N1CCN(c2ccccn2)CC1.I. The van der Waals surface area contributed by atoms with Crippen molar-refractivity contribution in [3.63, 3.8) is 0 Å². The summed E-state index contributed by atoms with van der Waals surface area (Å²) in [6.45, 7) is 4.33. The second kappa shape index (κ2) is 10.8. The fourth-order valence-corrected chi connectivity index (χ4v) is 3.87. The first-order valence-corrected chi connectivity index (χ1v) is 11.3. The second-order valence-electron chi connectivity index (χ2n) is 6.80. The number of hydrogen-bond donors (Lipinski definition) is 1. The molecule has 158 valence electrons. The highest BCUT2D eigenvalue weighted by Gasteiger charge is 2.20. The van der Waals surface area contributed by atoms with Gasteiger partial charge in [-0.3, -0.25) is 4.99 Å². The summed E-state index contributed by atoms with van der Waals surface area (Å²) in [6, 6.07) is 13.0. The number of aliphatic imine (C=N–C) groups is 1. The summed E-state index contributed by atoms with van der Waals surface area (Å²) in [5.74, 6) is 1.91. The van der Waals surface area contributed by atoms with E-state index in [1.54, 1.807) is 19.2 Å². The summed E-state index contributed by atoms with van der Waals surface area (Å²) in [7, 11) is -1.35. The number of hydrogen-bond acceptors (Lipinski definition) is 5. The van der Waals surface area contributed by atoms with Crippen LogP contribution in [0.5, 0.6) is 0 Å². The Bertz CT molecular complexity index is 896. The third-order valence-electron chi connectivity index (χ3n) is 4.81. The number of rotatable bonds is 5. The van der Waals surface area contributed by atoms with Crippen LogP contribution in [0.3, 0.4) is 0 Å². The highest BCUT2D eigenvalue weighted by molar-refractivity contribution is 14.0. The normalized spacial score (nSPS) is 15.0. The number of piperazine rings is 1. The zero-order valence-electron chi connectivity index (χ0n) is 16.8. The number of benzene rings is 1. The summed E-state index contributed by atoms with van der Waals surface area (Å²) in [5, 5.41) is 3.41. The molecular formula is C20H28IN5O2S. The van der Waals surface area contributed by atoms with Crippen molar-refractivity contribution in [2.24, 2.45) is 4.99 Å². The molecule has 29 heavy (non-hydrogen) atoms. The van der Waals surface area contributed by atoms with Gasteiger partial charge in [-0.25, -0.2) is 13.4 Å². The second-order valence-corrected chi connectivity index (χ2v) is 8.82. The van der Waals surface area contributed by atoms with Crippen molar-refractivity contribution in [1.29, 1.82) is 0 Å². The Labute approximate surface area is 190 Å². The first kappa shape index (κ1) is 23.4. The maximum Gasteiger partial charge on any atom is 0.193 e. The van der Waals surface area contributed by atoms with Gasteiger partial charge in [-0.05, 0) is 36.2 Å². The molecule has 1 aliphatic rings. The van der Waals surface area contributed by atoms with Gasteiger partial charge in [0, 0.05) is 52.2 Å². The summed E-state index contributed by atoms with van der Waals surface area (Å²) in [4.78, 5) is 13.7. The molecule has 2 aromatic rings. The molecule has 0 saturated carbocycles. The van der Waals surface area contributed by atoms with Gasteiger partial charge < -0.3 is 15.1 Å². The number of sulfone groups is 1. The van der Waals surface area contributed by atoms with Crippen molar-refractivity contribution in [3.8, 4) is 0 Å². The number of anilines is 1. The van der Waals surface area contributed by atoms with E-state index in [0.29, 0.717) is 4.90 Å². The highest BCUT2D eigenvalue weighted by Crippen LogP contribution is 2.13. The summed E-state index contributed by atoms with van der Waals surface area (Å²) >= 11 is 0. The average Bonchev–Trinajstić information content (AvgIpc) is 2.72. The quantitative estimate of drug-likeness (QED) is 0.363. The van der Waals surface area contributed by atoms with Crippen LogP contribution in [0, 0.1) is 0 Å². The van der Waals surface area contributed by atoms with Crippen molar-refractivity contribution >= 4 is 45.6 Å². The Balaban J connectivity index is 0.00000300. The molecule has 0 bridgehead atoms. The molecule has 1 saturated heterocycles. The third-order valence-corrected chi connectivity index (χ3v) is 5.94. The number of pyridine rings is 1. The van der Waals surface area contributed by atoms with E-state index in [0.717, 1.165) is 56.5 Å². The Kier molecular flexibility index (Phi) is 8.69. The molecule has 1 aromatic heterocycles.